The molecular weight excluding hydrogens is 336 g/mol. The first-order valence-corrected chi connectivity index (χ1v) is 8.35. The van der Waals surface area contributed by atoms with Gasteiger partial charge in [-0.3, -0.25) is 19.6 Å². The lowest BCUT2D eigenvalue weighted by Gasteiger charge is -2.25. The predicted octanol–water partition coefficient (Wildman–Crippen LogP) is 0.406. The Morgan fingerprint density at radius 3 is 2.42 bits per heavy atom. The Labute approximate surface area is 138 Å². The number of benzene rings is 1. The number of nitrogens with zero attached hydrogens (tertiary/aromatic N) is 1. The molecule has 1 unspecified atom stereocenters. The first-order chi connectivity index (χ1) is 11.2. The Balaban J connectivity index is 2.16. The van der Waals surface area contributed by atoms with Crippen LogP contribution in [-0.2, 0) is 14.8 Å². The molecule has 0 saturated heterocycles. The maximum atomic E-state index is 12.3. The van der Waals surface area contributed by atoms with Crippen molar-refractivity contribution in [3.63, 3.8) is 0 Å². The number of nitrogens with two attached hydrogens (primary N) is 2. The van der Waals surface area contributed by atoms with Crippen molar-refractivity contribution in [2.75, 3.05) is 11.3 Å². The third-order valence-electron chi connectivity index (χ3n) is 3.53. The molecule has 1 aliphatic rings. The second kappa shape index (κ2) is 6.51. The fourth-order valence-electron chi connectivity index (χ4n) is 2.10. The highest BCUT2D eigenvalue weighted by atomic mass is 32.2. The molecule has 9 nitrogen and oxygen atoms in total. The standard InChI is InChI=1S/C14H16N4O5S/c15-9-13(19)14(16)7-5-12(6-8-14)24(22,23)17-10-1-3-11(4-2-10)18(20)21/h1-7,17H,8-9,15-16H2. The van der Waals surface area contributed by atoms with Crippen molar-refractivity contribution < 1.29 is 18.1 Å². The number of nitro groups is 1. The van der Waals surface area contributed by atoms with Crippen LogP contribution in [0.4, 0.5) is 11.4 Å². The molecule has 0 spiro atoms. The molecule has 0 aliphatic heterocycles. The van der Waals surface area contributed by atoms with Gasteiger partial charge in [-0.1, -0.05) is 12.2 Å². The van der Waals surface area contributed by atoms with Gasteiger partial charge in [0.05, 0.1) is 21.9 Å². The Morgan fingerprint density at radius 1 is 1.33 bits per heavy atom. The molecule has 0 radical (unpaired) electrons. The average molecular weight is 352 g/mol. The summed E-state index contributed by atoms with van der Waals surface area (Å²) in [7, 11) is -3.90. The van der Waals surface area contributed by atoms with E-state index in [-0.39, 0.29) is 29.2 Å². The molecule has 1 aromatic rings. The van der Waals surface area contributed by atoms with Gasteiger partial charge in [0.2, 0.25) is 0 Å². The minimum atomic E-state index is -3.90. The molecule has 10 heteroatoms. The van der Waals surface area contributed by atoms with Crippen LogP contribution < -0.4 is 16.2 Å². The van der Waals surface area contributed by atoms with Crippen molar-refractivity contribution in [3.05, 3.63) is 57.5 Å². The molecular formula is C14H16N4O5S. The minimum Gasteiger partial charge on any atom is -0.324 e. The number of hydrogen-bond acceptors (Lipinski definition) is 7. The Morgan fingerprint density at radius 2 is 1.96 bits per heavy atom. The third-order valence-corrected chi connectivity index (χ3v) is 4.96. The lowest BCUT2D eigenvalue weighted by Crippen LogP contribution is -2.49. The minimum absolute atomic E-state index is 0.00996. The number of nitro benzene ring substituents is 1. The van der Waals surface area contributed by atoms with E-state index in [1.54, 1.807) is 0 Å². The van der Waals surface area contributed by atoms with Gasteiger partial charge in [-0.15, -0.1) is 0 Å². The smallest absolute Gasteiger partial charge is 0.269 e. The van der Waals surface area contributed by atoms with Crippen molar-refractivity contribution in [3.8, 4) is 0 Å². The van der Waals surface area contributed by atoms with Crippen LogP contribution in [-0.4, -0.2) is 31.2 Å². The van der Waals surface area contributed by atoms with Crippen molar-refractivity contribution >= 4 is 27.2 Å². The molecule has 1 aliphatic carbocycles. The molecule has 0 fully saturated rings. The molecule has 0 heterocycles. The van der Waals surface area contributed by atoms with Gasteiger partial charge in [-0.05, 0) is 24.6 Å². The summed E-state index contributed by atoms with van der Waals surface area (Å²) in [5, 5.41) is 10.6. The summed E-state index contributed by atoms with van der Waals surface area (Å²) in [5.74, 6) is -0.394. The second-order valence-electron chi connectivity index (χ2n) is 5.22. The van der Waals surface area contributed by atoms with Crippen LogP contribution in [0.5, 0.6) is 0 Å². The maximum absolute atomic E-state index is 12.3. The fourth-order valence-corrected chi connectivity index (χ4v) is 3.21. The van der Waals surface area contributed by atoms with Gasteiger partial charge in [-0.2, -0.15) is 0 Å². The van der Waals surface area contributed by atoms with Gasteiger partial charge < -0.3 is 11.5 Å². The van der Waals surface area contributed by atoms with Gasteiger partial charge in [0.25, 0.3) is 15.7 Å². The Bertz CT molecular complexity index is 829. The van der Waals surface area contributed by atoms with Crippen LogP contribution in [0.1, 0.15) is 6.42 Å². The van der Waals surface area contributed by atoms with Crippen LogP contribution in [0.2, 0.25) is 0 Å². The Hall–Kier alpha value is -2.56. The molecule has 0 amide bonds. The van der Waals surface area contributed by atoms with Crippen LogP contribution in [0, 0.1) is 10.1 Å². The summed E-state index contributed by atoms with van der Waals surface area (Å²) in [6, 6.07) is 4.95. The summed E-state index contributed by atoms with van der Waals surface area (Å²) in [4.78, 5) is 21.6. The number of sulfonamides is 1. The molecule has 1 atom stereocenters. The summed E-state index contributed by atoms with van der Waals surface area (Å²) < 4.78 is 26.9. The SMILES string of the molecule is NCC(=O)C1(N)C=CC(S(=O)(=O)Nc2ccc([N+](=O)[O-])cc2)=CC1. The number of nitrogens with one attached hydrogen (secondary N) is 1. The van der Waals surface area contributed by atoms with Crippen molar-refractivity contribution in [2.24, 2.45) is 11.5 Å². The number of hydrogen-bond donors (Lipinski definition) is 3. The molecule has 0 aromatic heterocycles. The summed E-state index contributed by atoms with van der Waals surface area (Å²) >= 11 is 0. The molecule has 1 aromatic carbocycles. The van der Waals surface area contributed by atoms with E-state index in [1.807, 2.05) is 0 Å². The van der Waals surface area contributed by atoms with Crippen LogP contribution in [0.3, 0.4) is 0 Å². The van der Waals surface area contributed by atoms with E-state index in [2.05, 4.69) is 4.72 Å². The fraction of sp³-hybridized carbons (Fsp3) is 0.214. The number of Topliss-reactive ketones (excluding diaryl/α,β-unsaturated/α-hetero) is 1. The number of carbonyl (C=O) groups excluding carboxylic acids is 1. The lowest BCUT2D eigenvalue weighted by molar-refractivity contribution is -0.384. The number of allylic oxidation sites excluding steroid dienone is 1. The number of ketones is 1. The lowest BCUT2D eigenvalue weighted by atomic mass is 9.88. The average Bonchev–Trinajstić information content (AvgIpc) is 2.54. The number of non-ortho nitro benzene ring substituents is 1. The Kier molecular flexibility index (Phi) is 4.83. The van der Waals surface area contributed by atoms with E-state index < -0.39 is 26.3 Å². The number of anilines is 1. The highest BCUT2D eigenvalue weighted by Crippen LogP contribution is 2.25. The van der Waals surface area contributed by atoms with E-state index in [1.165, 1.54) is 42.5 Å². The monoisotopic (exact) mass is 352 g/mol. The largest absolute Gasteiger partial charge is 0.324 e. The van der Waals surface area contributed by atoms with Gasteiger partial charge in [0.15, 0.2) is 5.78 Å². The maximum Gasteiger partial charge on any atom is 0.269 e. The number of rotatable bonds is 6. The van der Waals surface area contributed by atoms with Crippen LogP contribution >= 0.6 is 0 Å². The highest BCUT2D eigenvalue weighted by molar-refractivity contribution is 7.96. The van der Waals surface area contributed by atoms with Crippen LogP contribution in [0.15, 0.2) is 47.4 Å². The van der Waals surface area contributed by atoms with Gasteiger partial charge in [0, 0.05) is 17.8 Å². The normalized spacial score (nSPS) is 20.3. The van der Waals surface area contributed by atoms with Crippen LogP contribution in [0.25, 0.3) is 0 Å². The molecule has 128 valence electrons. The summed E-state index contributed by atoms with van der Waals surface area (Å²) in [5.41, 5.74) is 9.88. The first-order valence-electron chi connectivity index (χ1n) is 6.87. The van der Waals surface area contributed by atoms with Crippen molar-refractivity contribution in [2.45, 2.75) is 12.0 Å². The molecule has 0 saturated carbocycles. The summed E-state index contributed by atoms with van der Waals surface area (Å²) in [6.07, 6.45) is 3.90. The molecule has 2 rings (SSSR count). The van der Waals surface area contributed by atoms with Crippen molar-refractivity contribution in [1.29, 1.82) is 0 Å². The van der Waals surface area contributed by atoms with E-state index in [4.69, 9.17) is 11.5 Å². The van der Waals surface area contributed by atoms with E-state index in [0.29, 0.717) is 0 Å². The van der Waals surface area contributed by atoms with Gasteiger partial charge >= 0.3 is 0 Å². The predicted molar refractivity (Wildman–Crippen MR) is 88.5 cm³/mol. The topological polar surface area (TPSA) is 158 Å². The molecule has 0 bridgehead atoms. The summed E-state index contributed by atoms with van der Waals surface area (Å²) in [6.45, 7) is -0.238. The van der Waals surface area contributed by atoms with Gasteiger partial charge in [0.1, 0.15) is 0 Å². The van der Waals surface area contributed by atoms with E-state index in [9.17, 15) is 23.3 Å². The number of carbonyl (C=O) groups is 1. The molecule has 5 N–H and O–H groups in total. The molecule has 24 heavy (non-hydrogen) atoms. The zero-order valence-corrected chi connectivity index (χ0v) is 13.3. The van der Waals surface area contributed by atoms with E-state index in [0.717, 1.165) is 0 Å². The quantitative estimate of drug-likeness (QED) is 0.493. The van der Waals surface area contributed by atoms with E-state index >= 15 is 0 Å². The third kappa shape index (κ3) is 3.67. The first kappa shape index (κ1) is 17.8. The second-order valence-corrected chi connectivity index (χ2v) is 6.90. The van der Waals surface area contributed by atoms with Crippen molar-refractivity contribution in [1.82, 2.24) is 0 Å². The zero-order chi connectivity index (χ0) is 18.0. The van der Waals surface area contributed by atoms with Gasteiger partial charge in [-0.25, -0.2) is 8.42 Å². The highest BCUT2D eigenvalue weighted by Gasteiger charge is 2.32. The zero-order valence-electron chi connectivity index (χ0n) is 12.5.